The highest BCUT2D eigenvalue weighted by Crippen LogP contribution is 2.32. The number of halogens is 1. The van der Waals surface area contributed by atoms with E-state index in [1.807, 2.05) is 57.3 Å². The lowest BCUT2D eigenvalue weighted by Gasteiger charge is -2.33. The lowest BCUT2D eigenvalue weighted by atomic mass is 10.0. The third-order valence-electron chi connectivity index (χ3n) is 5.85. The first-order valence-corrected chi connectivity index (χ1v) is 11.6. The second-order valence-corrected chi connectivity index (χ2v) is 9.08. The van der Waals surface area contributed by atoms with Crippen molar-refractivity contribution in [2.75, 3.05) is 30.4 Å². The molecule has 35 heavy (non-hydrogen) atoms. The number of amides is 1. The average molecular weight is 495 g/mol. The highest BCUT2D eigenvalue weighted by molar-refractivity contribution is 6.34. The van der Waals surface area contributed by atoms with Crippen molar-refractivity contribution in [3.63, 3.8) is 0 Å². The molecule has 0 unspecified atom stereocenters. The molecular formula is C27H27ClN2O5. The van der Waals surface area contributed by atoms with Crippen LogP contribution in [0.2, 0.25) is 5.02 Å². The molecule has 1 atom stereocenters. The number of carboxylic acids is 1. The summed E-state index contributed by atoms with van der Waals surface area (Å²) >= 11 is 6.23. The van der Waals surface area contributed by atoms with Crippen molar-refractivity contribution in [3.05, 3.63) is 81.9 Å². The maximum Gasteiger partial charge on any atom is 0.307 e. The second-order valence-electron chi connectivity index (χ2n) is 8.67. The number of aryl methyl sites for hydroxylation is 2. The Balaban J connectivity index is 1.44. The summed E-state index contributed by atoms with van der Waals surface area (Å²) in [5.74, 6) is 0.208. The van der Waals surface area contributed by atoms with E-state index in [0.29, 0.717) is 40.7 Å². The van der Waals surface area contributed by atoms with E-state index in [1.54, 1.807) is 18.2 Å². The molecule has 8 heteroatoms. The molecular weight excluding hydrogens is 468 g/mol. The third kappa shape index (κ3) is 5.69. The van der Waals surface area contributed by atoms with Crippen LogP contribution in [-0.2, 0) is 11.2 Å². The number of carbonyl (C=O) groups excluding carboxylic acids is 1. The summed E-state index contributed by atoms with van der Waals surface area (Å²) in [6, 6.07) is 16.3. The van der Waals surface area contributed by atoms with E-state index in [1.165, 1.54) is 0 Å². The number of para-hydroxylation sites is 2. The van der Waals surface area contributed by atoms with Gasteiger partial charge in [-0.25, -0.2) is 0 Å². The van der Waals surface area contributed by atoms with Crippen molar-refractivity contribution in [1.29, 1.82) is 0 Å². The Morgan fingerprint density at radius 3 is 2.57 bits per heavy atom. The number of hydrogen-bond acceptors (Lipinski definition) is 5. The van der Waals surface area contributed by atoms with Crippen molar-refractivity contribution in [1.82, 2.24) is 0 Å². The van der Waals surface area contributed by atoms with Crippen molar-refractivity contribution in [2.45, 2.75) is 26.4 Å². The van der Waals surface area contributed by atoms with E-state index < -0.39 is 5.97 Å². The molecule has 4 rings (SSSR count). The molecule has 3 aromatic carbocycles. The number of carboxylic acid groups (broad SMARTS) is 1. The molecule has 0 spiro atoms. The smallest absolute Gasteiger partial charge is 0.307 e. The van der Waals surface area contributed by atoms with Gasteiger partial charge in [-0.1, -0.05) is 29.8 Å². The van der Waals surface area contributed by atoms with Gasteiger partial charge >= 0.3 is 5.97 Å². The Hall–Kier alpha value is -3.71. The van der Waals surface area contributed by atoms with Gasteiger partial charge in [-0.05, 0) is 66.9 Å². The minimum absolute atomic E-state index is 0.126. The SMILES string of the molecule is Cc1cc(OC[C@H]2CN(C)c3ccccc3O2)cc(C)c1C(=O)Nc1cc(CC(=O)O)ccc1Cl. The number of nitrogens with zero attached hydrogens (tertiary/aromatic N) is 1. The van der Waals surface area contributed by atoms with E-state index in [2.05, 4.69) is 10.2 Å². The fourth-order valence-electron chi connectivity index (χ4n) is 4.27. The van der Waals surface area contributed by atoms with Gasteiger partial charge in [-0.15, -0.1) is 0 Å². The van der Waals surface area contributed by atoms with E-state index in [-0.39, 0.29) is 18.4 Å². The number of anilines is 2. The number of nitrogens with one attached hydrogen (secondary N) is 1. The molecule has 7 nitrogen and oxygen atoms in total. The lowest BCUT2D eigenvalue weighted by Crippen LogP contribution is -2.41. The fourth-order valence-corrected chi connectivity index (χ4v) is 4.44. The number of likely N-dealkylation sites (N-methyl/N-ethyl adjacent to an activating group) is 1. The van der Waals surface area contributed by atoms with Crippen LogP contribution in [0.3, 0.4) is 0 Å². The molecule has 0 aromatic heterocycles. The van der Waals surface area contributed by atoms with Crippen LogP contribution in [-0.4, -0.2) is 43.3 Å². The van der Waals surface area contributed by atoms with Crippen molar-refractivity contribution in [2.24, 2.45) is 0 Å². The summed E-state index contributed by atoms with van der Waals surface area (Å²) in [5, 5.41) is 12.2. The predicted molar refractivity (Wildman–Crippen MR) is 136 cm³/mol. The monoisotopic (exact) mass is 494 g/mol. The number of benzene rings is 3. The number of ether oxygens (including phenoxy) is 2. The first kappa shape index (κ1) is 24.4. The van der Waals surface area contributed by atoms with Gasteiger partial charge in [-0.2, -0.15) is 0 Å². The Morgan fingerprint density at radius 2 is 1.86 bits per heavy atom. The van der Waals surface area contributed by atoms with Crippen molar-refractivity contribution >= 4 is 34.9 Å². The molecule has 0 bridgehead atoms. The van der Waals surface area contributed by atoms with Crippen molar-refractivity contribution < 1.29 is 24.2 Å². The van der Waals surface area contributed by atoms with Gasteiger partial charge in [0.05, 0.1) is 29.4 Å². The van der Waals surface area contributed by atoms with Gasteiger partial charge in [0.25, 0.3) is 5.91 Å². The zero-order valence-corrected chi connectivity index (χ0v) is 20.6. The number of hydrogen-bond donors (Lipinski definition) is 2. The van der Waals surface area contributed by atoms with Crippen LogP contribution in [0.5, 0.6) is 11.5 Å². The Labute approximate surface area is 209 Å². The quantitative estimate of drug-likeness (QED) is 0.474. The molecule has 0 aliphatic carbocycles. The number of rotatable bonds is 7. The summed E-state index contributed by atoms with van der Waals surface area (Å²) in [4.78, 5) is 26.2. The molecule has 1 amide bonds. The first-order chi connectivity index (χ1) is 16.7. The number of fused-ring (bicyclic) bond motifs is 1. The highest BCUT2D eigenvalue weighted by atomic mass is 35.5. The number of aliphatic carboxylic acids is 1. The van der Waals surface area contributed by atoms with E-state index in [9.17, 15) is 9.59 Å². The summed E-state index contributed by atoms with van der Waals surface area (Å²) in [5.41, 5.74) is 3.99. The summed E-state index contributed by atoms with van der Waals surface area (Å²) in [6.45, 7) is 4.77. The molecule has 0 saturated heterocycles. The molecule has 1 aliphatic rings. The standard InChI is InChI=1S/C27H27ClN2O5/c1-16-10-19(34-15-20-14-30(3)23-6-4-5-7-24(23)35-20)11-17(2)26(16)27(33)29-22-12-18(13-25(31)32)8-9-21(22)28/h4-12,20H,13-15H2,1-3H3,(H,29,33)(H,31,32)/t20-/m1/s1. The predicted octanol–water partition coefficient (Wildman–Crippen LogP) is 5.11. The first-order valence-electron chi connectivity index (χ1n) is 11.2. The summed E-state index contributed by atoms with van der Waals surface area (Å²) in [6.07, 6.45) is -0.283. The molecule has 1 heterocycles. The minimum atomic E-state index is -0.957. The van der Waals surface area contributed by atoms with Gasteiger partial charge in [0.2, 0.25) is 0 Å². The Morgan fingerprint density at radius 1 is 1.14 bits per heavy atom. The molecule has 2 N–H and O–H groups in total. The molecule has 182 valence electrons. The van der Waals surface area contributed by atoms with Crippen LogP contribution in [0.25, 0.3) is 0 Å². The van der Waals surface area contributed by atoms with Gasteiger partial charge in [0.1, 0.15) is 24.2 Å². The van der Waals surface area contributed by atoms with E-state index >= 15 is 0 Å². The van der Waals surface area contributed by atoms with Crippen LogP contribution in [0.4, 0.5) is 11.4 Å². The van der Waals surface area contributed by atoms with Crippen LogP contribution >= 0.6 is 11.6 Å². The zero-order valence-electron chi connectivity index (χ0n) is 19.8. The second kappa shape index (κ2) is 10.3. The van der Waals surface area contributed by atoms with Crippen LogP contribution in [0.1, 0.15) is 27.0 Å². The van der Waals surface area contributed by atoms with Gasteiger partial charge < -0.3 is 24.8 Å². The van der Waals surface area contributed by atoms with Crippen LogP contribution in [0.15, 0.2) is 54.6 Å². The molecule has 0 radical (unpaired) electrons. The normalized spacial score (nSPS) is 14.6. The topological polar surface area (TPSA) is 88.1 Å². The largest absolute Gasteiger partial charge is 0.490 e. The van der Waals surface area contributed by atoms with Gasteiger partial charge in [-0.3, -0.25) is 9.59 Å². The highest BCUT2D eigenvalue weighted by Gasteiger charge is 2.24. The Kier molecular flexibility index (Phi) is 7.17. The van der Waals surface area contributed by atoms with Crippen molar-refractivity contribution in [3.8, 4) is 11.5 Å². The Bertz CT molecular complexity index is 1250. The average Bonchev–Trinajstić information content (AvgIpc) is 2.79. The van der Waals surface area contributed by atoms with Gasteiger partial charge in [0.15, 0.2) is 0 Å². The van der Waals surface area contributed by atoms with Crippen LogP contribution < -0.4 is 19.7 Å². The zero-order chi connectivity index (χ0) is 25.1. The molecule has 0 fully saturated rings. The van der Waals surface area contributed by atoms with Crippen LogP contribution in [0, 0.1) is 13.8 Å². The van der Waals surface area contributed by atoms with E-state index in [4.69, 9.17) is 26.2 Å². The maximum absolute atomic E-state index is 13.1. The summed E-state index contributed by atoms with van der Waals surface area (Å²) in [7, 11) is 2.03. The minimum Gasteiger partial charge on any atom is -0.490 e. The third-order valence-corrected chi connectivity index (χ3v) is 6.18. The molecule has 3 aromatic rings. The summed E-state index contributed by atoms with van der Waals surface area (Å²) < 4.78 is 12.1. The fraction of sp³-hybridized carbons (Fsp3) is 0.259. The van der Waals surface area contributed by atoms with Gasteiger partial charge in [0, 0.05) is 12.6 Å². The number of carbonyl (C=O) groups is 2. The molecule has 0 saturated carbocycles. The maximum atomic E-state index is 13.1. The lowest BCUT2D eigenvalue weighted by molar-refractivity contribution is -0.136. The van der Waals surface area contributed by atoms with E-state index in [0.717, 1.165) is 22.6 Å². The molecule has 1 aliphatic heterocycles.